The summed E-state index contributed by atoms with van der Waals surface area (Å²) in [7, 11) is 2.23. The van der Waals surface area contributed by atoms with Gasteiger partial charge in [-0.05, 0) is 147 Å². The van der Waals surface area contributed by atoms with Crippen molar-refractivity contribution in [3.05, 3.63) is 72.0 Å². The molecule has 62 heavy (non-hydrogen) atoms. The van der Waals surface area contributed by atoms with E-state index in [1.807, 2.05) is 64.6 Å². The Kier molecular flexibility index (Phi) is 13.0. The Labute approximate surface area is 368 Å². The maximum absolute atomic E-state index is 14.2. The predicted molar refractivity (Wildman–Crippen MR) is 248 cm³/mol. The van der Waals surface area contributed by atoms with Gasteiger partial charge in [-0.1, -0.05) is 0 Å². The SMILES string of the molecule is CC(C)(C)OC(=O)N1CC2CCN(c3ccc(N)cc3)C2C1.CC(C)(C)OC(=O)N1CC2CCN(c3ccc(N)cc3F)C2C1.Cc1cc(N2CCC3CN(C)CC32)ccc1N. The number of amides is 2. The third-order valence-corrected chi connectivity index (χ3v) is 13.2. The van der Waals surface area contributed by atoms with Gasteiger partial charge in [0, 0.05) is 105 Å². The fourth-order valence-electron chi connectivity index (χ4n) is 10.2. The van der Waals surface area contributed by atoms with Gasteiger partial charge in [-0.3, -0.25) is 0 Å². The molecule has 6 N–H and O–H groups in total. The van der Waals surface area contributed by atoms with Gasteiger partial charge in [0.15, 0.2) is 0 Å². The number of nitrogens with two attached hydrogens (primary N) is 3. The highest BCUT2D eigenvalue weighted by Crippen LogP contribution is 2.39. The highest BCUT2D eigenvalue weighted by molar-refractivity contribution is 5.70. The van der Waals surface area contributed by atoms with Crippen molar-refractivity contribution in [2.45, 2.75) is 97.1 Å². The normalized spacial score (nSPS) is 25.5. The van der Waals surface area contributed by atoms with Crippen molar-refractivity contribution < 1.29 is 23.5 Å². The zero-order chi connectivity index (χ0) is 44.7. The number of halogens is 1. The van der Waals surface area contributed by atoms with Gasteiger partial charge in [-0.2, -0.15) is 0 Å². The lowest BCUT2D eigenvalue weighted by Crippen LogP contribution is -2.39. The predicted octanol–water partition coefficient (Wildman–Crippen LogP) is 7.29. The van der Waals surface area contributed by atoms with Crippen LogP contribution in [0, 0.1) is 30.5 Å². The molecule has 0 saturated carbocycles. The monoisotopic (exact) mass is 856 g/mol. The van der Waals surface area contributed by atoms with Crippen molar-refractivity contribution in [2.75, 3.05) is 97.9 Å². The Balaban J connectivity index is 0.000000141. The molecule has 0 bridgehead atoms. The highest BCUT2D eigenvalue weighted by atomic mass is 19.1. The molecule has 338 valence electrons. The molecule has 2 amide bonds. The van der Waals surface area contributed by atoms with Gasteiger partial charge < -0.3 is 56.1 Å². The lowest BCUT2D eigenvalue weighted by Gasteiger charge is -2.28. The number of carbonyl (C=O) groups is 2. The molecule has 3 aromatic rings. The summed E-state index contributed by atoms with van der Waals surface area (Å²) >= 11 is 0. The van der Waals surface area contributed by atoms with Crippen LogP contribution in [0.25, 0.3) is 0 Å². The van der Waals surface area contributed by atoms with Gasteiger partial charge in [-0.25, -0.2) is 14.0 Å². The number of ether oxygens (including phenoxy) is 2. The number of hydrogen-bond donors (Lipinski definition) is 3. The average molecular weight is 856 g/mol. The number of aryl methyl sites for hydroxylation is 1. The third kappa shape index (κ3) is 10.4. The summed E-state index contributed by atoms with van der Waals surface area (Å²) in [6, 6.07) is 20.5. The van der Waals surface area contributed by atoms with Crippen LogP contribution in [0.15, 0.2) is 60.7 Å². The van der Waals surface area contributed by atoms with Crippen molar-refractivity contribution in [1.82, 2.24) is 14.7 Å². The van der Waals surface area contributed by atoms with Crippen molar-refractivity contribution in [1.29, 1.82) is 0 Å². The zero-order valence-electron chi connectivity index (χ0n) is 38.1. The van der Waals surface area contributed by atoms with E-state index < -0.39 is 11.2 Å². The van der Waals surface area contributed by atoms with E-state index >= 15 is 0 Å². The molecule has 3 aromatic carbocycles. The van der Waals surface area contributed by atoms with Crippen molar-refractivity contribution in [3.8, 4) is 0 Å². The lowest BCUT2D eigenvalue weighted by molar-refractivity contribution is 0.0274. The molecule has 6 atom stereocenters. The minimum atomic E-state index is -0.502. The smallest absolute Gasteiger partial charge is 0.410 e. The van der Waals surface area contributed by atoms with E-state index in [1.165, 1.54) is 49.1 Å². The van der Waals surface area contributed by atoms with E-state index in [0.717, 1.165) is 56.3 Å². The topological polar surface area (TPSA) is 150 Å². The molecular weight excluding hydrogens is 786 g/mol. The summed E-state index contributed by atoms with van der Waals surface area (Å²) < 4.78 is 25.2. The first-order chi connectivity index (χ1) is 29.2. The molecule has 6 heterocycles. The quantitative estimate of drug-likeness (QED) is 0.228. The maximum atomic E-state index is 14.2. The molecule has 14 heteroatoms. The molecule has 6 saturated heterocycles. The van der Waals surface area contributed by atoms with Crippen LogP contribution in [0.1, 0.15) is 66.4 Å². The Morgan fingerprint density at radius 3 is 1.60 bits per heavy atom. The van der Waals surface area contributed by atoms with Gasteiger partial charge in [-0.15, -0.1) is 0 Å². The first kappa shape index (κ1) is 44.9. The van der Waals surface area contributed by atoms with Gasteiger partial charge in [0.1, 0.15) is 17.0 Å². The molecule has 9 rings (SSSR count). The van der Waals surface area contributed by atoms with Gasteiger partial charge in [0.25, 0.3) is 0 Å². The summed E-state index contributed by atoms with van der Waals surface area (Å²) in [5.74, 6) is 1.45. The van der Waals surface area contributed by atoms with E-state index in [1.54, 1.807) is 17.0 Å². The molecule has 6 aliphatic heterocycles. The molecule has 0 radical (unpaired) electrons. The number of benzene rings is 3. The number of nitrogen functional groups attached to an aromatic ring is 3. The molecule has 6 aliphatic rings. The summed E-state index contributed by atoms with van der Waals surface area (Å²) in [6.45, 7) is 21.7. The number of likely N-dealkylation sites (tertiary alicyclic amines) is 3. The van der Waals surface area contributed by atoms with E-state index in [0.29, 0.717) is 48.4 Å². The first-order valence-electron chi connectivity index (χ1n) is 22.4. The second-order valence-corrected chi connectivity index (χ2v) is 20.3. The lowest BCUT2D eigenvalue weighted by atomic mass is 10.0. The van der Waals surface area contributed by atoms with Crippen LogP contribution in [0.4, 0.5) is 48.1 Å². The van der Waals surface area contributed by atoms with Crippen LogP contribution in [0.5, 0.6) is 0 Å². The van der Waals surface area contributed by atoms with E-state index in [4.69, 9.17) is 26.7 Å². The molecule has 6 fully saturated rings. The highest BCUT2D eigenvalue weighted by Gasteiger charge is 2.46. The fraction of sp³-hybridized carbons (Fsp3) is 0.583. The minimum absolute atomic E-state index is 0.139. The van der Waals surface area contributed by atoms with Crippen molar-refractivity contribution >= 4 is 46.3 Å². The second-order valence-electron chi connectivity index (χ2n) is 20.3. The first-order valence-corrected chi connectivity index (χ1v) is 22.4. The number of rotatable bonds is 3. The van der Waals surface area contributed by atoms with Gasteiger partial charge in [0.2, 0.25) is 0 Å². The van der Waals surface area contributed by atoms with Crippen LogP contribution in [0.3, 0.4) is 0 Å². The van der Waals surface area contributed by atoms with Gasteiger partial charge in [0.05, 0.1) is 17.8 Å². The number of fused-ring (bicyclic) bond motifs is 3. The second kappa shape index (κ2) is 17.9. The fourth-order valence-corrected chi connectivity index (χ4v) is 10.2. The Hall–Kier alpha value is -5.11. The maximum Gasteiger partial charge on any atom is 0.410 e. The van der Waals surface area contributed by atoms with Crippen LogP contribution in [-0.4, -0.2) is 122 Å². The molecule has 0 spiro atoms. The van der Waals surface area contributed by atoms with Crippen LogP contribution >= 0.6 is 0 Å². The molecule has 6 unspecified atom stereocenters. The number of nitrogens with zero attached hydrogens (tertiary/aromatic N) is 6. The molecule has 0 aliphatic carbocycles. The van der Waals surface area contributed by atoms with Gasteiger partial charge >= 0.3 is 12.2 Å². The van der Waals surface area contributed by atoms with Crippen LogP contribution in [0.2, 0.25) is 0 Å². The number of anilines is 6. The summed E-state index contributed by atoms with van der Waals surface area (Å²) in [4.78, 5) is 37.6. The number of hydrogen-bond acceptors (Lipinski definition) is 11. The summed E-state index contributed by atoms with van der Waals surface area (Å²) in [5, 5.41) is 0. The third-order valence-electron chi connectivity index (χ3n) is 13.2. The van der Waals surface area contributed by atoms with E-state index in [2.05, 4.69) is 57.8 Å². The Morgan fingerprint density at radius 2 is 1.06 bits per heavy atom. The van der Waals surface area contributed by atoms with Crippen molar-refractivity contribution in [2.24, 2.45) is 17.8 Å². The standard InChI is InChI=1S/C17H24FN3O2.C17H25N3O2.C14H21N3/c1-17(2,3)23-16(22)20-9-11-6-7-21(15(11)10-20)14-5-4-12(19)8-13(14)18;1-17(2,3)22-16(21)19-10-12-8-9-20(15(12)11-19)14-6-4-13(18)5-7-14;1-10-7-12(3-4-13(10)15)17-6-5-11-8-16(2)9-14(11)17/h4-5,8,11,15H,6-7,9-10,19H2,1-3H3;4-7,12,15H,8-11,18H2,1-3H3;3-4,7,11,14H,5-6,8-9,15H2,1-2H3. The van der Waals surface area contributed by atoms with Crippen LogP contribution in [-0.2, 0) is 9.47 Å². The average Bonchev–Trinajstić information content (AvgIpc) is 4.03. The molecule has 0 aromatic heterocycles. The van der Waals surface area contributed by atoms with E-state index in [9.17, 15) is 14.0 Å². The Bertz CT molecular complexity index is 2050. The Morgan fingerprint density at radius 1 is 0.597 bits per heavy atom. The summed E-state index contributed by atoms with van der Waals surface area (Å²) in [5.41, 5.74) is 22.7. The molecule has 13 nitrogen and oxygen atoms in total. The van der Waals surface area contributed by atoms with Crippen LogP contribution < -0.4 is 31.9 Å². The zero-order valence-corrected chi connectivity index (χ0v) is 38.1. The molecular formula is C48H70FN9O4. The largest absolute Gasteiger partial charge is 0.444 e. The summed E-state index contributed by atoms with van der Waals surface area (Å²) in [6.07, 6.45) is 2.92. The van der Waals surface area contributed by atoms with Crippen molar-refractivity contribution in [3.63, 3.8) is 0 Å². The van der Waals surface area contributed by atoms with E-state index in [-0.39, 0.29) is 24.0 Å². The number of carbonyl (C=O) groups excluding carboxylic acids is 2. The number of likely N-dealkylation sites (N-methyl/N-ethyl adjacent to an activating group) is 1. The minimum Gasteiger partial charge on any atom is -0.444 e.